The summed E-state index contributed by atoms with van der Waals surface area (Å²) in [5, 5.41) is 0.674. The van der Waals surface area contributed by atoms with E-state index < -0.39 is 27.0 Å². The van der Waals surface area contributed by atoms with Gasteiger partial charge in [-0.05, 0) is 42.7 Å². The first kappa shape index (κ1) is 25.6. The smallest absolute Gasteiger partial charge is 0.495 e. The Balaban J connectivity index is 1.53. The molecule has 0 atom stereocenters. The standard InChI is InChI=1S/C25H24F3N5O4S/c1-36-20-12-15(17-13-33(16-6-2-3-7-16)24-22(17)23(29)30-14-31-24)10-11-18(20)32-38(34,35)21-9-5-4-8-19(21)37-25(26,27)28/h4-5,8-14,16,32H,2-3,6-7H2,1H3,(H2,29,30,31). The number of nitrogens with one attached hydrogen (secondary N) is 1. The summed E-state index contributed by atoms with van der Waals surface area (Å²) in [4.78, 5) is 7.94. The Bertz CT molecular complexity index is 1600. The van der Waals surface area contributed by atoms with Crippen molar-refractivity contribution in [2.45, 2.75) is 43.0 Å². The van der Waals surface area contributed by atoms with Gasteiger partial charge in [0.2, 0.25) is 0 Å². The zero-order valence-corrected chi connectivity index (χ0v) is 21.0. The summed E-state index contributed by atoms with van der Waals surface area (Å²) in [6, 6.07) is 9.52. The van der Waals surface area contributed by atoms with E-state index in [1.165, 1.54) is 31.6 Å². The summed E-state index contributed by atoms with van der Waals surface area (Å²) >= 11 is 0. The van der Waals surface area contributed by atoms with Gasteiger partial charge in [0.25, 0.3) is 10.0 Å². The third-order valence-electron chi connectivity index (χ3n) is 6.48. The summed E-state index contributed by atoms with van der Waals surface area (Å²) in [5.74, 6) is -0.387. The van der Waals surface area contributed by atoms with E-state index in [-0.39, 0.29) is 17.5 Å². The van der Waals surface area contributed by atoms with Crippen LogP contribution in [0.25, 0.3) is 22.2 Å². The Morgan fingerprint density at radius 3 is 2.53 bits per heavy atom. The van der Waals surface area contributed by atoms with Crippen LogP contribution in [-0.4, -0.2) is 36.4 Å². The van der Waals surface area contributed by atoms with Gasteiger partial charge in [-0.2, -0.15) is 0 Å². The number of fused-ring (bicyclic) bond motifs is 1. The SMILES string of the molecule is COc1cc(-c2cn(C3CCCC3)c3ncnc(N)c23)ccc1NS(=O)(=O)c1ccccc1OC(F)(F)F. The zero-order valence-electron chi connectivity index (χ0n) is 20.2. The number of benzene rings is 2. The van der Waals surface area contributed by atoms with Crippen LogP contribution in [0.4, 0.5) is 24.7 Å². The minimum Gasteiger partial charge on any atom is -0.495 e. The van der Waals surface area contributed by atoms with Crippen LogP contribution in [0.5, 0.6) is 11.5 Å². The molecule has 4 aromatic rings. The van der Waals surface area contributed by atoms with Gasteiger partial charge in [-0.25, -0.2) is 18.4 Å². The number of hydrogen-bond acceptors (Lipinski definition) is 7. The Hall–Kier alpha value is -4.00. The van der Waals surface area contributed by atoms with E-state index in [0.717, 1.165) is 43.4 Å². The quantitative estimate of drug-likeness (QED) is 0.313. The number of anilines is 2. The number of nitrogens with zero attached hydrogens (tertiary/aromatic N) is 3. The van der Waals surface area contributed by atoms with Crippen LogP contribution in [0.3, 0.4) is 0 Å². The normalized spacial score (nSPS) is 14.6. The number of methoxy groups -OCH3 is 1. The van der Waals surface area contributed by atoms with Crippen molar-refractivity contribution in [1.29, 1.82) is 0 Å². The highest BCUT2D eigenvalue weighted by molar-refractivity contribution is 7.92. The van der Waals surface area contributed by atoms with Crippen molar-refractivity contribution in [3.05, 3.63) is 55.0 Å². The Morgan fingerprint density at radius 1 is 1.08 bits per heavy atom. The number of halogens is 3. The molecule has 5 rings (SSSR count). The zero-order chi connectivity index (χ0) is 27.1. The average molecular weight is 548 g/mol. The molecule has 0 amide bonds. The lowest BCUT2D eigenvalue weighted by atomic mass is 10.1. The van der Waals surface area contributed by atoms with Crippen molar-refractivity contribution < 1.29 is 31.1 Å². The molecule has 2 heterocycles. The molecule has 1 aliphatic rings. The van der Waals surface area contributed by atoms with Gasteiger partial charge >= 0.3 is 6.36 Å². The molecule has 2 aromatic carbocycles. The number of nitrogen functional groups attached to an aromatic ring is 1. The lowest BCUT2D eigenvalue weighted by Crippen LogP contribution is -2.21. The van der Waals surface area contributed by atoms with Crippen LogP contribution < -0.4 is 19.9 Å². The van der Waals surface area contributed by atoms with Gasteiger partial charge in [-0.1, -0.05) is 31.0 Å². The van der Waals surface area contributed by atoms with E-state index in [1.54, 1.807) is 12.1 Å². The minimum absolute atomic E-state index is 0.0295. The Morgan fingerprint density at radius 2 is 1.82 bits per heavy atom. The number of ether oxygens (including phenoxy) is 2. The van der Waals surface area contributed by atoms with E-state index in [9.17, 15) is 21.6 Å². The van der Waals surface area contributed by atoms with E-state index in [2.05, 4.69) is 24.0 Å². The van der Waals surface area contributed by atoms with Crippen LogP contribution in [0.2, 0.25) is 0 Å². The first-order chi connectivity index (χ1) is 18.1. The highest BCUT2D eigenvalue weighted by Crippen LogP contribution is 2.41. The molecular formula is C25H24F3N5O4S. The molecule has 200 valence electrons. The number of sulfonamides is 1. The molecule has 0 aliphatic heterocycles. The lowest BCUT2D eigenvalue weighted by molar-refractivity contribution is -0.275. The number of hydrogen-bond donors (Lipinski definition) is 2. The van der Waals surface area contributed by atoms with Crippen molar-refractivity contribution in [3.8, 4) is 22.6 Å². The van der Waals surface area contributed by atoms with Crippen molar-refractivity contribution in [2.24, 2.45) is 0 Å². The molecule has 1 aliphatic carbocycles. The molecule has 13 heteroatoms. The fourth-order valence-electron chi connectivity index (χ4n) is 4.81. The topological polar surface area (TPSA) is 121 Å². The van der Waals surface area contributed by atoms with E-state index in [0.29, 0.717) is 22.4 Å². The molecule has 1 fully saturated rings. The maximum Gasteiger partial charge on any atom is 0.573 e. The summed E-state index contributed by atoms with van der Waals surface area (Å²) in [5.41, 5.74) is 8.40. The molecular weight excluding hydrogens is 523 g/mol. The van der Waals surface area contributed by atoms with Crippen molar-refractivity contribution in [1.82, 2.24) is 14.5 Å². The first-order valence-electron chi connectivity index (χ1n) is 11.7. The second-order valence-electron chi connectivity index (χ2n) is 8.86. The third kappa shape index (κ3) is 4.93. The van der Waals surface area contributed by atoms with E-state index in [1.807, 2.05) is 6.20 Å². The van der Waals surface area contributed by atoms with Gasteiger partial charge in [0.05, 0.1) is 18.2 Å². The van der Waals surface area contributed by atoms with Crippen molar-refractivity contribution >= 4 is 32.6 Å². The maximum absolute atomic E-state index is 13.1. The molecule has 1 saturated carbocycles. The largest absolute Gasteiger partial charge is 0.573 e. The summed E-state index contributed by atoms with van der Waals surface area (Å²) in [6.45, 7) is 0. The predicted molar refractivity (Wildman–Crippen MR) is 135 cm³/mol. The summed E-state index contributed by atoms with van der Waals surface area (Å²) in [7, 11) is -3.12. The molecule has 9 nitrogen and oxygen atoms in total. The van der Waals surface area contributed by atoms with Crippen LogP contribution in [0.15, 0.2) is 59.9 Å². The second kappa shape index (κ2) is 9.71. The van der Waals surface area contributed by atoms with Crippen molar-refractivity contribution in [2.75, 3.05) is 17.6 Å². The minimum atomic E-state index is -5.06. The maximum atomic E-state index is 13.1. The molecule has 0 saturated heterocycles. The molecule has 0 unspecified atom stereocenters. The van der Waals surface area contributed by atoms with Crippen molar-refractivity contribution in [3.63, 3.8) is 0 Å². The highest BCUT2D eigenvalue weighted by Gasteiger charge is 2.34. The number of aromatic nitrogens is 3. The van der Waals surface area contributed by atoms with Gasteiger partial charge in [0.1, 0.15) is 34.2 Å². The lowest BCUT2D eigenvalue weighted by Gasteiger charge is -2.16. The molecule has 2 aromatic heterocycles. The number of rotatable bonds is 7. The third-order valence-corrected chi connectivity index (χ3v) is 7.88. The van der Waals surface area contributed by atoms with Gasteiger partial charge in [-0.3, -0.25) is 4.72 Å². The van der Waals surface area contributed by atoms with Gasteiger partial charge in [0, 0.05) is 17.8 Å². The monoisotopic (exact) mass is 547 g/mol. The molecule has 38 heavy (non-hydrogen) atoms. The Kier molecular flexibility index (Phi) is 6.55. The van der Waals surface area contributed by atoms with Gasteiger partial charge in [-0.15, -0.1) is 13.2 Å². The van der Waals surface area contributed by atoms with Gasteiger partial charge < -0.3 is 19.8 Å². The fraction of sp³-hybridized carbons (Fsp3) is 0.280. The fourth-order valence-corrected chi connectivity index (χ4v) is 6.01. The van der Waals surface area contributed by atoms with Crippen LogP contribution >= 0.6 is 0 Å². The van der Waals surface area contributed by atoms with Crippen LogP contribution in [-0.2, 0) is 10.0 Å². The van der Waals surface area contributed by atoms with E-state index >= 15 is 0 Å². The average Bonchev–Trinajstić information content (AvgIpc) is 3.52. The van der Waals surface area contributed by atoms with Crippen LogP contribution in [0, 0.1) is 0 Å². The molecule has 0 radical (unpaired) electrons. The van der Waals surface area contributed by atoms with Crippen LogP contribution in [0.1, 0.15) is 31.7 Å². The molecule has 0 bridgehead atoms. The second-order valence-corrected chi connectivity index (χ2v) is 10.5. The number of alkyl halides is 3. The number of para-hydroxylation sites is 1. The van der Waals surface area contributed by atoms with E-state index in [4.69, 9.17) is 10.5 Å². The highest BCUT2D eigenvalue weighted by atomic mass is 32.2. The Labute approximate surface area is 216 Å². The predicted octanol–water partition coefficient (Wildman–Crippen LogP) is 5.50. The molecule has 0 spiro atoms. The number of nitrogens with two attached hydrogens (primary N) is 1. The summed E-state index contributed by atoms with van der Waals surface area (Å²) in [6.07, 6.45) is 2.63. The van der Waals surface area contributed by atoms with Gasteiger partial charge in [0.15, 0.2) is 0 Å². The summed E-state index contributed by atoms with van der Waals surface area (Å²) < 4.78 is 78.3. The first-order valence-corrected chi connectivity index (χ1v) is 13.2. The molecule has 3 N–H and O–H groups in total.